The molecule has 2 heterocycles. The van der Waals surface area contributed by atoms with E-state index in [0.717, 1.165) is 5.56 Å². The van der Waals surface area contributed by atoms with E-state index in [2.05, 4.69) is 4.98 Å². The molecule has 1 fully saturated rings. The molecule has 0 aromatic carbocycles. The molecule has 0 radical (unpaired) electrons. The van der Waals surface area contributed by atoms with Gasteiger partial charge in [0.15, 0.2) is 0 Å². The van der Waals surface area contributed by atoms with Gasteiger partial charge in [-0.1, -0.05) is 0 Å². The molecule has 23 heavy (non-hydrogen) atoms. The van der Waals surface area contributed by atoms with Gasteiger partial charge < -0.3 is 14.7 Å². The number of amides is 1. The fourth-order valence-corrected chi connectivity index (χ4v) is 2.90. The SMILES string of the molecule is CC(C)(C)OC(=O)N1CCCC(Cc2ccncc2)(C(=O)O)C1. The summed E-state index contributed by atoms with van der Waals surface area (Å²) >= 11 is 0. The van der Waals surface area contributed by atoms with Crippen molar-refractivity contribution in [1.82, 2.24) is 9.88 Å². The fraction of sp³-hybridized carbons (Fsp3) is 0.588. The molecule has 0 spiro atoms. The molecule has 1 unspecified atom stereocenters. The predicted octanol–water partition coefficient (Wildman–Crippen LogP) is 2.73. The predicted molar refractivity (Wildman–Crippen MR) is 85.1 cm³/mol. The normalized spacial score (nSPS) is 21.8. The summed E-state index contributed by atoms with van der Waals surface area (Å²) in [7, 11) is 0. The van der Waals surface area contributed by atoms with Crippen LogP contribution in [0.4, 0.5) is 4.79 Å². The number of pyridine rings is 1. The van der Waals surface area contributed by atoms with Crippen LogP contribution in [0.25, 0.3) is 0 Å². The minimum atomic E-state index is -0.976. The van der Waals surface area contributed by atoms with Gasteiger partial charge in [0.1, 0.15) is 5.60 Å². The Labute approximate surface area is 136 Å². The number of carbonyl (C=O) groups excluding carboxylic acids is 1. The number of likely N-dealkylation sites (tertiary alicyclic amines) is 1. The van der Waals surface area contributed by atoms with E-state index in [0.29, 0.717) is 25.8 Å². The number of aliphatic carboxylic acids is 1. The molecule has 6 nitrogen and oxygen atoms in total. The van der Waals surface area contributed by atoms with Crippen LogP contribution in [-0.2, 0) is 16.0 Å². The molecule has 1 aliphatic rings. The van der Waals surface area contributed by atoms with Crippen molar-refractivity contribution in [3.63, 3.8) is 0 Å². The van der Waals surface area contributed by atoms with Gasteiger partial charge in [-0.05, 0) is 57.7 Å². The summed E-state index contributed by atoms with van der Waals surface area (Å²) in [6, 6.07) is 3.63. The number of piperidine rings is 1. The van der Waals surface area contributed by atoms with E-state index in [1.54, 1.807) is 33.2 Å². The second kappa shape index (κ2) is 6.56. The first-order valence-corrected chi connectivity index (χ1v) is 7.82. The average Bonchev–Trinajstić information content (AvgIpc) is 2.46. The van der Waals surface area contributed by atoms with Gasteiger partial charge in [0, 0.05) is 25.5 Å². The van der Waals surface area contributed by atoms with Gasteiger partial charge in [0.2, 0.25) is 0 Å². The first kappa shape index (κ1) is 17.2. The van der Waals surface area contributed by atoms with Crippen molar-refractivity contribution in [2.24, 2.45) is 5.41 Å². The summed E-state index contributed by atoms with van der Waals surface area (Å²) in [5, 5.41) is 9.79. The first-order chi connectivity index (χ1) is 10.7. The molecule has 2 rings (SSSR count). The molecule has 1 saturated heterocycles. The maximum atomic E-state index is 12.3. The summed E-state index contributed by atoms with van der Waals surface area (Å²) < 4.78 is 5.38. The number of carboxylic acid groups (broad SMARTS) is 1. The number of carbonyl (C=O) groups is 2. The van der Waals surface area contributed by atoms with Crippen LogP contribution in [0.3, 0.4) is 0 Å². The zero-order chi connectivity index (χ0) is 17.1. The zero-order valence-electron chi connectivity index (χ0n) is 13.9. The van der Waals surface area contributed by atoms with Crippen molar-refractivity contribution in [2.45, 2.75) is 45.6 Å². The minimum absolute atomic E-state index is 0.166. The molecule has 0 aliphatic carbocycles. The average molecular weight is 320 g/mol. The molecule has 126 valence electrons. The van der Waals surface area contributed by atoms with Gasteiger partial charge in [-0.3, -0.25) is 9.78 Å². The third-order valence-corrected chi connectivity index (χ3v) is 3.97. The third-order valence-electron chi connectivity index (χ3n) is 3.97. The number of rotatable bonds is 3. The summed E-state index contributed by atoms with van der Waals surface area (Å²) in [5.74, 6) is -0.873. The second-order valence-corrected chi connectivity index (χ2v) is 7.12. The maximum absolute atomic E-state index is 12.3. The van der Waals surface area contributed by atoms with Crippen LogP contribution in [0.1, 0.15) is 39.2 Å². The molecule has 1 amide bonds. The summed E-state index contributed by atoms with van der Waals surface area (Å²) in [5.41, 5.74) is -0.657. The smallest absolute Gasteiger partial charge is 0.410 e. The monoisotopic (exact) mass is 320 g/mol. The molecule has 1 aromatic rings. The molecule has 1 aromatic heterocycles. The molecule has 0 saturated carbocycles. The van der Waals surface area contributed by atoms with Crippen molar-refractivity contribution in [3.8, 4) is 0 Å². The van der Waals surface area contributed by atoms with E-state index < -0.39 is 23.1 Å². The van der Waals surface area contributed by atoms with Crippen LogP contribution < -0.4 is 0 Å². The lowest BCUT2D eigenvalue weighted by molar-refractivity contribution is -0.152. The van der Waals surface area contributed by atoms with E-state index >= 15 is 0 Å². The lowest BCUT2D eigenvalue weighted by Gasteiger charge is -2.40. The van der Waals surface area contributed by atoms with E-state index in [-0.39, 0.29) is 6.54 Å². The molecular weight excluding hydrogens is 296 g/mol. The van der Waals surface area contributed by atoms with Gasteiger partial charge in [0.05, 0.1) is 5.41 Å². The highest BCUT2D eigenvalue weighted by Crippen LogP contribution is 2.34. The zero-order valence-corrected chi connectivity index (χ0v) is 13.9. The Balaban J connectivity index is 2.17. The maximum Gasteiger partial charge on any atom is 0.410 e. The number of hydrogen-bond donors (Lipinski definition) is 1. The molecule has 1 atom stereocenters. The van der Waals surface area contributed by atoms with E-state index in [1.807, 2.05) is 12.1 Å². The summed E-state index contributed by atoms with van der Waals surface area (Å²) in [6.07, 6.45) is 4.43. The number of carboxylic acids is 1. The van der Waals surface area contributed by atoms with Crippen molar-refractivity contribution >= 4 is 12.1 Å². The van der Waals surface area contributed by atoms with E-state index in [1.165, 1.54) is 4.90 Å². The van der Waals surface area contributed by atoms with Crippen LogP contribution >= 0.6 is 0 Å². The number of ether oxygens (including phenoxy) is 1. The lowest BCUT2D eigenvalue weighted by atomic mass is 9.75. The molecule has 0 bridgehead atoms. The van der Waals surface area contributed by atoms with Gasteiger partial charge >= 0.3 is 12.1 Å². The van der Waals surface area contributed by atoms with Crippen molar-refractivity contribution in [2.75, 3.05) is 13.1 Å². The van der Waals surface area contributed by atoms with Gasteiger partial charge in [-0.25, -0.2) is 4.79 Å². The molecule has 1 aliphatic heterocycles. The number of hydrogen-bond acceptors (Lipinski definition) is 4. The standard InChI is InChI=1S/C17H24N2O4/c1-16(2,3)23-15(22)19-10-4-7-17(12-19,14(20)21)11-13-5-8-18-9-6-13/h5-6,8-9H,4,7,10-12H2,1-3H3,(H,20,21). The Bertz CT molecular complexity index is 568. The minimum Gasteiger partial charge on any atom is -0.481 e. The Hall–Kier alpha value is -2.11. The van der Waals surface area contributed by atoms with E-state index in [4.69, 9.17) is 4.74 Å². The first-order valence-electron chi connectivity index (χ1n) is 7.82. The largest absolute Gasteiger partial charge is 0.481 e. The van der Waals surface area contributed by atoms with Crippen LogP contribution in [-0.4, -0.2) is 45.7 Å². The fourth-order valence-electron chi connectivity index (χ4n) is 2.90. The highest BCUT2D eigenvalue weighted by atomic mass is 16.6. The van der Waals surface area contributed by atoms with Gasteiger partial charge in [0.25, 0.3) is 0 Å². The van der Waals surface area contributed by atoms with Gasteiger partial charge in [-0.2, -0.15) is 0 Å². The highest BCUT2D eigenvalue weighted by molar-refractivity contribution is 5.77. The van der Waals surface area contributed by atoms with Crippen LogP contribution in [0, 0.1) is 5.41 Å². The summed E-state index contributed by atoms with van der Waals surface area (Å²) in [4.78, 5) is 29.7. The number of aromatic nitrogens is 1. The van der Waals surface area contributed by atoms with Crippen molar-refractivity contribution in [3.05, 3.63) is 30.1 Å². The topological polar surface area (TPSA) is 79.7 Å². The molecule has 1 N–H and O–H groups in total. The third kappa shape index (κ3) is 4.43. The van der Waals surface area contributed by atoms with Crippen molar-refractivity contribution < 1.29 is 19.4 Å². The van der Waals surface area contributed by atoms with Gasteiger partial charge in [-0.15, -0.1) is 0 Å². The Morgan fingerprint density at radius 2 is 2.00 bits per heavy atom. The summed E-state index contributed by atoms with van der Waals surface area (Å²) in [6.45, 7) is 6.10. The lowest BCUT2D eigenvalue weighted by Crippen LogP contribution is -2.52. The Kier molecular flexibility index (Phi) is 4.92. The van der Waals surface area contributed by atoms with Crippen molar-refractivity contribution in [1.29, 1.82) is 0 Å². The molecular formula is C17H24N2O4. The Morgan fingerprint density at radius 1 is 1.35 bits per heavy atom. The van der Waals surface area contributed by atoms with Crippen LogP contribution in [0.15, 0.2) is 24.5 Å². The van der Waals surface area contributed by atoms with E-state index in [9.17, 15) is 14.7 Å². The Morgan fingerprint density at radius 3 is 2.57 bits per heavy atom. The van der Waals surface area contributed by atoms with Crippen LogP contribution in [0.5, 0.6) is 0 Å². The van der Waals surface area contributed by atoms with Crippen LogP contribution in [0.2, 0.25) is 0 Å². The number of nitrogens with zero attached hydrogens (tertiary/aromatic N) is 2. The highest BCUT2D eigenvalue weighted by Gasteiger charge is 2.44. The molecule has 6 heteroatoms. The quantitative estimate of drug-likeness (QED) is 0.926. The second-order valence-electron chi connectivity index (χ2n) is 7.12.